The van der Waals surface area contributed by atoms with Gasteiger partial charge >= 0.3 is 5.97 Å². The molecule has 0 spiro atoms. The highest BCUT2D eigenvalue weighted by Gasteiger charge is 2.13. The van der Waals surface area contributed by atoms with Gasteiger partial charge in [0.15, 0.2) is 0 Å². The van der Waals surface area contributed by atoms with Crippen LogP contribution in [0.5, 0.6) is 0 Å². The minimum atomic E-state index is -0.902. The van der Waals surface area contributed by atoms with E-state index < -0.39 is 18.1 Å². The van der Waals surface area contributed by atoms with Crippen molar-refractivity contribution in [3.8, 4) is 0 Å². The molecule has 3 heteroatoms. The zero-order chi connectivity index (χ0) is 11.4. The third-order valence-electron chi connectivity index (χ3n) is 2.34. The van der Waals surface area contributed by atoms with E-state index in [2.05, 4.69) is 0 Å². The number of carbonyl (C=O) groups is 1. The van der Waals surface area contributed by atoms with Gasteiger partial charge in [0.05, 0.1) is 5.92 Å². The Kier molecular flexibility index (Phi) is 3.83. The fourth-order valence-electron chi connectivity index (χ4n) is 1.46. The van der Waals surface area contributed by atoms with Crippen LogP contribution in [0.1, 0.15) is 30.9 Å². The van der Waals surface area contributed by atoms with E-state index >= 15 is 0 Å². The van der Waals surface area contributed by atoms with E-state index in [0.29, 0.717) is 6.42 Å². The van der Waals surface area contributed by atoms with Gasteiger partial charge in [0.1, 0.15) is 6.17 Å². The lowest BCUT2D eigenvalue weighted by Gasteiger charge is -2.09. The summed E-state index contributed by atoms with van der Waals surface area (Å²) < 4.78 is 12.8. The Morgan fingerprint density at radius 2 is 2.13 bits per heavy atom. The predicted molar refractivity (Wildman–Crippen MR) is 56.8 cm³/mol. The van der Waals surface area contributed by atoms with Crippen molar-refractivity contribution in [3.05, 3.63) is 35.4 Å². The van der Waals surface area contributed by atoms with E-state index in [1.54, 1.807) is 25.1 Å². The largest absolute Gasteiger partial charge is 0.481 e. The van der Waals surface area contributed by atoms with Crippen molar-refractivity contribution >= 4 is 5.97 Å². The lowest BCUT2D eigenvalue weighted by atomic mass is 9.97. The number of carboxylic acid groups (broad SMARTS) is 1. The lowest BCUT2D eigenvalue weighted by Crippen LogP contribution is -2.08. The number of benzene rings is 1. The van der Waals surface area contributed by atoms with E-state index in [4.69, 9.17) is 5.11 Å². The van der Waals surface area contributed by atoms with Crippen LogP contribution in [-0.2, 0) is 11.2 Å². The Morgan fingerprint density at radius 1 is 1.47 bits per heavy atom. The fourth-order valence-corrected chi connectivity index (χ4v) is 1.46. The van der Waals surface area contributed by atoms with Crippen molar-refractivity contribution in [2.45, 2.75) is 32.4 Å². The highest BCUT2D eigenvalue weighted by molar-refractivity contribution is 5.75. The molecule has 0 bridgehead atoms. The maximum Gasteiger partial charge on any atom is 0.310 e. The first-order valence-corrected chi connectivity index (χ1v) is 4.96. The van der Waals surface area contributed by atoms with Crippen LogP contribution in [0.15, 0.2) is 24.3 Å². The van der Waals surface area contributed by atoms with Crippen molar-refractivity contribution in [2.24, 2.45) is 0 Å². The molecular formula is C12H15FO2. The molecule has 0 amide bonds. The first-order chi connectivity index (χ1) is 7.00. The van der Waals surface area contributed by atoms with Gasteiger partial charge in [0.25, 0.3) is 0 Å². The number of alkyl halides is 1. The molecule has 0 aliphatic heterocycles. The molecule has 1 aromatic carbocycles. The Morgan fingerprint density at radius 3 is 2.67 bits per heavy atom. The number of hydrogen-bond acceptors (Lipinski definition) is 1. The van der Waals surface area contributed by atoms with E-state index in [0.717, 1.165) is 11.1 Å². The summed E-state index contributed by atoms with van der Waals surface area (Å²) in [6.45, 7) is 3.12. The van der Waals surface area contributed by atoms with Crippen LogP contribution in [-0.4, -0.2) is 17.2 Å². The Hall–Kier alpha value is -1.38. The molecule has 0 radical (unpaired) electrons. The molecular weight excluding hydrogens is 195 g/mol. The van der Waals surface area contributed by atoms with Gasteiger partial charge in [-0.2, -0.15) is 0 Å². The molecule has 0 saturated heterocycles. The van der Waals surface area contributed by atoms with Crippen molar-refractivity contribution in [2.75, 3.05) is 0 Å². The summed E-state index contributed by atoms with van der Waals surface area (Å²) in [4.78, 5) is 10.8. The van der Waals surface area contributed by atoms with Crippen molar-refractivity contribution < 1.29 is 14.3 Å². The van der Waals surface area contributed by atoms with Gasteiger partial charge in [-0.25, -0.2) is 4.39 Å². The topological polar surface area (TPSA) is 37.3 Å². The first-order valence-electron chi connectivity index (χ1n) is 4.96. The van der Waals surface area contributed by atoms with Gasteiger partial charge in [-0.3, -0.25) is 4.79 Å². The fraction of sp³-hybridized carbons (Fsp3) is 0.417. The maximum absolute atomic E-state index is 12.8. The molecule has 2 unspecified atom stereocenters. The summed E-state index contributed by atoms with van der Waals surface area (Å²) in [6.07, 6.45) is -0.569. The lowest BCUT2D eigenvalue weighted by molar-refractivity contribution is -0.138. The van der Waals surface area contributed by atoms with Crippen LogP contribution >= 0.6 is 0 Å². The van der Waals surface area contributed by atoms with Crippen molar-refractivity contribution in [3.63, 3.8) is 0 Å². The average Bonchev–Trinajstić information content (AvgIpc) is 2.16. The van der Waals surface area contributed by atoms with E-state index in [9.17, 15) is 9.18 Å². The molecule has 82 valence electrons. The van der Waals surface area contributed by atoms with E-state index in [1.807, 2.05) is 6.07 Å². The molecule has 0 fully saturated rings. The summed E-state index contributed by atoms with van der Waals surface area (Å²) in [6, 6.07) is 7.10. The number of aliphatic carboxylic acids is 1. The third-order valence-corrected chi connectivity index (χ3v) is 2.34. The number of rotatable bonds is 4. The van der Waals surface area contributed by atoms with Crippen molar-refractivity contribution in [1.29, 1.82) is 0 Å². The van der Waals surface area contributed by atoms with Crippen LogP contribution in [0.4, 0.5) is 4.39 Å². The molecule has 0 aromatic heterocycles. The van der Waals surface area contributed by atoms with Crippen LogP contribution in [0.3, 0.4) is 0 Å². The van der Waals surface area contributed by atoms with E-state index in [1.165, 1.54) is 6.92 Å². The standard InChI is InChI=1S/C12H15FO2/c1-8(13)6-10-4-3-5-11(7-10)9(2)12(14)15/h3-5,7-9H,6H2,1-2H3,(H,14,15). The third kappa shape index (κ3) is 3.35. The smallest absolute Gasteiger partial charge is 0.310 e. The average molecular weight is 210 g/mol. The number of carboxylic acids is 1. The second-order valence-corrected chi connectivity index (χ2v) is 3.79. The first kappa shape index (κ1) is 11.7. The molecule has 0 saturated carbocycles. The SMILES string of the molecule is CC(F)Cc1cccc(C(C)C(=O)O)c1. The summed E-state index contributed by atoms with van der Waals surface area (Å²) >= 11 is 0. The Bertz CT molecular complexity index is 347. The van der Waals surface area contributed by atoms with Crippen LogP contribution in [0.25, 0.3) is 0 Å². The molecule has 1 N–H and O–H groups in total. The summed E-state index contributed by atoms with van der Waals surface area (Å²) in [7, 11) is 0. The maximum atomic E-state index is 12.8. The number of halogens is 1. The second kappa shape index (κ2) is 4.91. The molecule has 1 aromatic rings. The summed E-state index contributed by atoms with van der Waals surface area (Å²) in [5, 5.41) is 8.83. The van der Waals surface area contributed by atoms with Gasteiger partial charge < -0.3 is 5.11 Å². The van der Waals surface area contributed by atoms with Crippen LogP contribution in [0, 0.1) is 0 Å². The normalized spacial score (nSPS) is 14.6. The summed E-state index contributed by atoms with van der Waals surface area (Å²) in [5.41, 5.74) is 1.57. The van der Waals surface area contributed by atoms with Gasteiger partial charge in [-0.1, -0.05) is 24.3 Å². The Labute approximate surface area is 88.7 Å². The van der Waals surface area contributed by atoms with Gasteiger partial charge in [-0.05, 0) is 25.0 Å². The zero-order valence-corrected chi connectivity index (χ0v) is 8.90. The van der Waals surface area contributed by atoms with Gasteiger partial charge in [-0.15, -0.1) is 0 Å². The van der Waals surface area contributed by atoms with Gasteiger partial charge in [0.2, 0.25) is 0 Å². The highest BCUT2D eigenvalue weighted by atomic mass is 19.1. The Balaban J connectivity index is 2.87. The molecule has 0 heterocycles. The molecule has 0 aliphatic carbocycles. The van der Waals surface area contributed by atoms with Crippen LogP contribution in [0.2, 0.25) is 0 Å². The van der Waals surface area contributed by atoms with Gasteiger partial charge in [0, 0.05) is 6.42 Å². The minimum absolute atomic E-state index is 0.334. The summed E-state index contributed by atoms with van der Waals surface area (Å²) in [5.74, 6) is -1.40. The molecule has 2 atom stereocenters. The molecule has 2 nitrogen and oxygen atoms in total. The number of hydrogen-bond donors (Lipinski definition) is 1. The van der Waals surface area contributed by atoms with E-state index in [-0.39, 0.29) is 0 Å². The molecule has 15 heavy (non-hydrogen) atoms. The second-order valence-electron chi connectivity index (χ2n) is 3.79. The minimum Gasteiger partial charge on any atom is -0.481 e. The highest BCUT2D eigenvalue weighted by Crippen LogP contribution is 2.17. The van der Waals surface area contributed by atoms with Crippen molar-refractivity contribution in [1.82, 2.24) is 0 Å². The molecule has 0 aliphatic rings. The van der Waals surface area contributed by atoms with Crippen LogP contribution < -0.4 is 0 Å². The monoisotopic (exact) mass is 210 g/mol. The zero-order valence-electron chi connectivity index (χ0n) is 8.90. The predicted octanol–water partition coefficient (Wildman–Crippen LogP) is 2.78. The quantitative estimate of drug-likeness (QED) is 0.829. The molecule has 1 rings (SSSR count).